The Labute approximate surface area is 156 Å². The van der Waals surface area contributed by atoms with E-state index < -0.39 is 0 Å². The van der Waals surface area contributed by atoms with Crippen LogP contribution in [0.1, 0.15) is 28.6 Å². The highest BCUT2D eigenvalue weighted by atomic mass is 35.5. The number of aryl methyl sites for hydroxylation is 2. The SMILES string of the molecule is CCOc1ccc(NC(=O)c2c(-c3ccccc3Cl)noc2C)cc1C. The lowest BCUT2D eigenvalue weighted by Crippen LogP contribution is -2.13. The topological polar surface area (TPSA) is 64.4 Å². The van der Waals surface area contributed by atoms with Gasteiger partial charge in [0.15, 0.2) is 0 Å². The van der Waals surface area contributed by atoms with Gasteiger partial charge in [-0.2, -0.15) is 0 Å². The molecule has 26 heavy (non-hydrogen) atoms. The molecule has 0 saturated heterocycles. The number of anilines is 1. The van der Waals surface area contributed by atoms with Crippen molar-refractivity contribution in [2.24, 2.45) is 0 Å². The number of carbonyl (C=O) groups is 1. The molecule has 0 bridgehead atoms. The van der Waals surface area contributed by atoms with Crippen molar-refractivity contribution in [3.63, 3.8) is 0 Å². The lowest BCUT2D eigenvalue weighted by molar-refractivity contribution is 0.102. The second-order valence-electron chi connectivity index (χ2n) is 5.81. The molecule has 0 aliphatic rings. The van der Waals surface area contributed by atoms with E-state index >= 15 is 0 Å². The average molecular weight is 371 g/mol. The number of nitrogens with zero attached hydrogens (tertiary/aromatic N) is 1. The van der Waals surface area contributed by atoms with E-state index in [-0.39, 0.29) is 5.91 Å². The van der Waals surface area contributed by atoms with Crippen LogP contribution in [0, 0.1) is 13.8 Å². The van der Waals surface area contributed by atoms with E-state index in [9.17, 15) is 4.79 Å². The maximum atomic E-state index is 12.8. The summed E-state index contributed by atoms with van der Waals surface area (Å²) >= 11 is 6.25. The summed E-state index contributed by atoms with van der Waals surface area (Å²) in [7, 11) is 0. The minimum atomic E-state index is -0.303. The molecule has 0 atom stereocenters. The first-order valence-corrected chi connectivity index (χ1v) is 8.65. The van der Waals surface area contributed by atoms with E-state index in [4.69, 9.17) is 20.9 Å². The molecule has 0 unspecified atom stereocenters. The van der Waals surface area contributed by atoms with Gasteiger partial charge in [-0.3, -0.25) is 4.79 Å². The first-order chi connectivity index (χ1) is 12.5. The lowest BCUT2D eigenvalue weighted by Gasteiger charge is -2.10. The van der Waals surface area contributed by atoms with E-state index in [0.717, 1.165) is 11.3 Å². The van der Waals surface area contributed by atoms with Crippen molar-refractivity contribution in [3.05, 3.63) is 64.4 Å². The Bertz CT molecular complexity index is 950. The molecule has 134 valence electrons. The van der Waals surface area contributed by atoms with Gasteiger partial charge >= 0.3 is 0 Å². The predicted octanol–water partition coefficient (Wildman–Crippen LogP) is 5.26. The van der Waals surface area contributed by atoms with Gasteiger partial charge in [-0.05, 0) is 50.6 Å². The van der Waals surface area contributed by atoms with Gasteiger partial charge in [0.1, 0.15) is 22.8 Å². The van der Waals surface area contributed by atoms with E-state index in [1.165, 1.54) is 0 Å². The first kappa shape index (κ1) is 18.0. The molecular weight excluding hydrogens is 352 g/mol. The van der Waals surface area contributed by atoms with Crippen molar-refractivity contribution in [3.8, 4) is 17.0 Å². The molecule has 1 aromatic heterocycles. The van der Waals surface area contributed by atoms with E-state index in [1.54, 1.807) is 25.1 Å². The number of hydrogen-bond donors (Lipinski definition) is 1. The summed E-state index contributed by atoms with van der Waals surface area (Å²) in [4.78, 5) is 12.8. The number of ether oxygens (including phenoxy) is 1. The van der Waals surface area contributed by atoms with Gasteiger partial charge in [-0.15, -0.1) is 0 Å². The maximum Gasteiger partial charge on any atom is 0.261 e. The zero-order valence-electron chi connectivity index (χ0n) is 14.8. The highest BCUT2D eigenvalue weighted by Gasteiger charge is 2.23. The Hall–Kier alpha value is -2.79. The summed E-state index contributed by atoms with van der Waals surface area (Å²) in [5.74, 6) is 0.922. The zero-order valence-corrected chi connectivity index (χ0v) is 15.6. The van der Waals surface area contributed by atoms with Crippen molar-refractivity contribution >= 4 is 23.2 Å². The number of amides is 1. The van der Waals surface area contributed by atoms with E-state index in [0.29, 0.717) is 39.9 Å². The number of rotatable bonds is 5. The highest BCUT2D eigenvalue weighted by molar-refractivity contribution is 6.33. The van der Waals surface area contributed by atoms with Crippen molar-refractivity contribution in [2.75, 3.05) is 11.9 Å². The highest BCUT2D eigenvalue weighted by Crippen LogP contribution is 2.31. The van der Waals surface area contributed by atoms with Gasteiger partial charge in [0.2, 0.25) is 0 Å². The monoisotopic (exact) mass is 370 g/mol. The summed E-state index contributed by atoms with van der Waals surface area (Å²) in [5.41, 5.74) is 3.05. The predicted molar refractivity (Wildman–Crippen MR) is 102 cm³/mol. The molecule has 6 heteroatoms. The molecule has 0 fully saturated rings. The molecule has 1 N–H and O–H groups in total. The minimum Gasteiger partial charge on any atom is -0.494 e. The molecule has 0 aliphatic heterocycles. The van der Waals surface area contributed by atoms with E-state index in [2.05, 4.69) is 10.5 Å². The van der Waals surface area contributed by atoms with Gasteiger partial charge in [-0.1, -0.05) is 35.0 Å². The van der Waals surface area contributed by atoms with Crippen LogP contribution in [0.15, 0.2) is 47.0 Å². The summed E-state index contributed by atoms with van der Waals surface area (Å²) in [5, 5.41) is 7.42. The molecule has 0 radical (unpaired) electrons. The van der Waals surface area contributed by atoms with Crippen LogP contribution in [0.3, 0.4) is 0 Å². The Morgan fingerprint density at radius 1 is 1.23 bits per heavy atom. The Morgan fingerprint density at radius 3 is 2.69 bits per heavy atom. The maximum absolute atomic E-state index is 12.8. The van der Waals surface area contributed by atoms with Crippen LogP contribution in [0.2, 0.25) is 5.02 Å². The number of benzene rings is 2. The fraction of sp³-hybridized carbons (Fsp3) is 0.200. The van der Waals surface area contributed by atoms with Crippen LogP contribution in [0.25, 0.3) is 11.3 Å². The van der Waals surface area contributed by atoms with Gasteiger partial charge in [0, 0.05) is 11.3 Å². The standard InChI is InChI=1S/C20H19ClN2O3/c1-4-25-17-10-9-14(11-12(17)2)22-20(24)18-13(3)26-23-19(18)15-7-5-6-8-16(15)21/h5-11H,4H2,1-3H3,(H,22,24). The smallest absolute Gasteiger partial charge is 0.261 e. The third kappa shape index (κ3) is 3.58. The zero-order chi connectivity index (χ0) is 18.7. The first-order valence-electron chi connectivity index (χ1n) is 8.27. The molecule has 3 aromatic rings. The van der Waals surface area contributed by atoms with E-state index in [1.807, 2.05) is 38.1 Å². The largest absolute Gasteiger partial charge is 0.494 e. The molecule has 0 aliphatic carbocycles. The summed E-state index contributed by atoms with van der Waals surface area (Å²) in [6, 6.07) is 12.7. The second kappa shape index (κ2) is 7.62. The Balaban J connectivity index is 1.91. The van der Waals surface area contributed by atoms with Crippen LogP contribution in [-0.4, -0.2) is 17.7 Å². The van der Waals surface area contributed by atoms with Crippen molar-refractivity contribution in [1.82, 2.24) is 5.16 Å². The van der Waals surface area contributed by atoms with Crippen LogP contribution >= 0.6 is 11.6 Å². The summed E-state index contributed by atoms with van der Waals surface area (Å²) in [6.45, 7) is 6.15. The third-order valence-electron chi connectivity index (χ3n) is 3.95. The van der Waals surface area contributed by atoms with Crippen LogP contribution < -0.4 is 10.1 Å². The Kier molecular flexibility index (Phi) is 5.28. The van der Waals surface area contributed by atoms with Gasteiger partial charge in [0.25, 0.3) is 5.91 Å². The van der Waals surface area contributed by atoms with Crippen molar-refractivity contribution < 1.29 is 14.1 Å². The lowest BCUT2D eigenvalue weighted by atomic mass is 10.1. The number of hydrogen-bond acceptors (Lipinski definition) is 4. The van der Waals surface area contributed by atoms with Gasteiger partial charge < -0.3 is 14.6 Å². The van der Waals surface area contributed by atoms with Crippen molar-refractivity contribution in [2.45, 2.75) is 20.8 Å². The molecular formula is C20H19ClN2O3. The van der Waals surface area contributed by atoms with Crippen LogP contribution in [0.5, 0.6) is 5.75 Å². The number of nitrogens with one attached hydrogen (secondary N) is 1. The van der Waals surface area contributed by atoms with Crippen LogP contribution in [-0.2, 0) is 0 Å². The normalized spacial score (nSPS) is 10.6. The third-order valence-corrected chi connectivity index (χ3v) is 4.28. The molecule has 5 nitrogen and oxygen atoms in total. The van der Waals surface area contributed by atoms with Gasteiger partial charge in [0.05, 0.1) is 11.6 Å². The second-order valence-corrected chi connectivity index (χ2v) is 6.22. The fourth-order valence-electron chi connectivity index (χ4n) is 2.71. The Morgan fingerprint density at radius 2 is 2.00 bits per heavy atom. The minimum absolute atomic E-state index is 0.303. The number of aromatic nitrogens is 1. The van der Waals surface area contributed by atoms with Crippen molar-refractivity contribution in [1.29, 1.82) is 0 Å². The summed E-state index contributed by atoms with van der Waals surface area (Å²) in [6.07, 6.45) is 0. The quantitative estimate of drug-likeness (QED) is 0.665. The molecule has 3 rings (SSSR count). The molecule has 1 heterocycles. The molecule has 0 spiro atoms. The molecule has 2 aromatic carbocycles. The average Bonchev–Trinajstić information content (AvgIpc) is 2.99. The van der Waals surface area contributed by atoms with Crippen LogP contribution in [0.4, 0.5) is 5.69 Å². The number of halogens is 1. The summed E-state index contributed by atoms with van der Waals surface area (Å²) < 4.78 is 10.8. The fourth-order valence-corrected chi connectivity index (χ4v) is 2.94. The molecule has 1 amide bonds. The van der Waals surface area contributed by atoms with Gasteiger partial charge in [-0.25, -0.2) is 0 Å². The number of carbonyl (C=O) groups excluding carboxylic acids is 1. The molecule has 0 saturated carbocycles.